The van der Waals surface area contributed by atoms with Crippen molar-refractivity contribution in [3.63, 3.8) is 0 Å². The summed E-state index contributed by atoms with van der Waals surface area (Å²) in [5.41, 5.74) is -0.800. The lowest BCUT2D eigenvalue weighted by molar-refractivity contribution is 0.0930. The minimum Gasteiger partial charge on any atom is -0.393 e. The highest BCUT2D eigenvalue weighted by atomic mass is 19.1. The predicted octanol–water partition coefficient (Wildman–Crippen LogP) is 2.24. The van der Waals surface area contributed by atoms with Crippen molar-refractivity contribution in [2.24, 2.45) is 5.92 Å². The van der Waals surface area contributed by atoms with E-state index in [1.807, 2.05) is 0 Å². The number of amides is 1. The summed E-state index contributed by atoms with van der Waals surface area (Å²) >= 11 is 0. The molecule has 0 aliphatic rings. The molecule has 0 fully saturated rings. The first-order valence-corrected chi connectivity index (χ1v) is 5.92. The largest absolute Gasteiger partial charge is 0.393 e. The van der Waals surface area contributed by atoms with Gasteiger partial charge < -0.3 is 10.4 Å². The summed E-state index contributed by atoms with van der Waals surface area (Å²) in [7, 11) is 0. The average Bonchev–Trinajstić information content (AvgIpc) is 2.23. The minimum absolute atomic E-state index is 0.0458. The third-order valence-corrected chi connectivity index (χ3v) is 2.59. The van der Waals surface area contributed by atoms with Crippen LogP contribution in [0, 0.1) is 23.4 Å². The van der Waals surface area contributed by atoms with Gasteiger partial charge in [-0.25, -0.2) is 13.2 Å². The second kappa shape index (κ2) is 6.56. The number of halogens is 3. The second-order valence-electron chi connectivity index (χ2n) is 4.64. The smallest absolute Gasteiger partial charge is 0.257 e. The van der Waals surface area contributed by atoms with Gasteiger partial charge in [-0.2, -0.15) is 0 Å². The Bertz CT molecular complexity index is 440. The molecule has 0 heterocycles. The molecule has 6 heteroatoms. The van der Waals surface area contributed by atoms with Gasteiger partial charge in [-0.05, 0) is 19.3 Å². The molecule has 2 unspecified atom stereocenters. The molecule has 0 saturated carbocycles. The fourth-order valence-electron chi connectivity index (χ4n) is 1.78. The van der Waals surface area contributed by atoms with Gasteiger partial charge in [-0.1, -0.05) is 6.92 Å². The van der Waals surface area contributed by atoms with Gasteiger partial charge in [0, 0.05) is 18.7 Å². The summed E-state index contributed by atoms with van der Waals surface area (Å²) in [6.45, 7) is 3.56. The minimum atomic E-state index is -1.24. The molecule has 1 amide bonds. The van der Waals surface area contributed by atoms with Gasteiger partial charge in [0.2, 0.25) is 0 Å². The summed E-state index contributed by atoms with van der Waals surface area (Å²) < 4.78 is 39.3. The van der Waals surface area contributed by atoms with Crippen LogP contribution in [-0.2, 0) is 0 Å². The SMILES string of the molecule is CC(O)CC(C)CNC(=O)c1c(F)cc(F)cc1F. The maximum absolute atomic E-state index is 13.3. The first-order chi connectivity index (χ1) is 8.81. The van der Waals surface area contributed by atoms with Crippen LogP contribution in [-0.4, -0.2) is 23.7 Å². The molecule has 0 radical (unpaired) electrons. The van der Waals surface area contributed by atoms with Crippen LogP contribution in [0.1, 0.15) is 30.6 Å². The number of rotatable bonds is 5. The van der Waals surface area contributed by atoms with Gasteiger partial charge in [-0.15, -0.1) is 0 Å². The van der Waals surface area contributed by atoms with Crippen molar-refractivity contribution in [1.29, 1.82) is 0 Å². The molecule has 0 spiro atoms. The van der Waals surface area contributed by atoms with E-state index in [9.17, 15) is 18.0 Å². The number of carbonyl (C=O) groups excluding carboxylic acids is 1. The van der Waals surface area contributed by atoms with E-state index in [1.165, 1.54) is 0 Å². The molecule has 0 saturated heterocycles. The fourth-order valence-corrected chi connectivity index (χ4v) is 1.78. The van der Waals surface area contributed by atoms with Crippen LogP contribution in [0.15, 0.2) is 12.1 Å². The third-order valence-electron chi connectivity index (χ3n) is 2.59. The Morgan fingerprint density at radius 3 is 2.26 bits per heavy atom. The van der Waals surface area contributed by atoms with E-state index >= 15 is 0 Å². The Kier molecular flexibility index (Phi) is 5.35. The van der Waals surface area contributed by atoms with E-state index in [4.69, 9.17) is 5.11 Å². The van der Waals surface area contributed by atoms with E-state index < -0.39 is 35.0 Å². The zero-order valence-corrected chi connectivity index (χ0v) is 10.7. The number of hydrogen-bond acceptors (Lipinski definition) is 2. The molecule has 1 aromatic rings. The summed E-state index contributed by atoms with van der Waals surface area (Å²) in [5.74, 6) is -4.53. The molecule has 19 heavy (non-hydrogen) atoms. The molecule has 2 N–H and O–H groups in total. The Labute approximate surface area is 109 Å². The lowest BCUT2D eigenvalue weighted by Crippen LogP contribution is -2.30. The van der Waals surface area contributed by atoms with Gasteiger partial charge in [-0.3, -0.25) is 4.79 Å². The highest BCUT2D eigenvalue weighted by Gasteiger charge is 2.19. The number of nitrogens with one attached hydrogen (secondary N) is 1. The first kappa shape index (κ1) is 15.5. The molecular formula is C13H16F3NO2. The zero-order valence-electron chi connectivity index (χ0n) is 10.7. The monoisotopic (exact) mass is 275 g/mol. The second-order valence-corrected chi connectivity index (χ2v) is 4.64. The fraction of sp³-hybridized carbons (Fsp3) is 0.462. The van der Waals surface area contributed by atoms with Crippen molar-refractivity contribution in [3.8, 4) is 0 Å². The molecular weight excluding hydrogens is 259 g/mol. The molecule has 106 valence electrons. The van der Waals surface area contributed by atoms with Crippen molar-refractivity contribution in [1.82, 2.24) is 5.32 Å². The lowest BCUT2D eigenvalue weighted by Gasteiger charge is -2.14. The summed E-state index contributed by atoms with van der Waals surface area (Å²) in [6, 6.07) is 0.911. The van der Waals surface area contributed by atoms with E-state index in [2.05, 4.69) is 5.32 Å². The summed E-state index contributed by atoms with van der Waals surface area (Å²) in [5, 5.41) is 11.5. The molecule has 0 bridgehead atoms. The van der Waals surface area contributed by atoms with Gasteiger partial charge in [0.05, 0.1) is 6.10 Å². The van der Waals surface area contributed by atoms with Crippen molar-refractivity contribution >= 4 is 5.91 Å². The normalized spacial score (nSPS) is 14.0. The van der Waals surface area contributed by atoms with Gasteiger partial charge in [0.1, 0.15) is 23.0 Å². The Hall–Kier alpha value is -1.56. The molecule has 2 atom stereocenters. The van der Waals surface area contributed by atoms with Crippen LogP contribution >= 0.6 is 0 Å². The van der Waals surface area contributed by atoms with E-state index in [1.54, 1.807) is 13.8 Å². The Morgan fingerprint density at radius 1 is 1.26 bits per heavy atom. The van der Waals surface area contributed by atoms with E-state index in [0.29, 0.717) is 18.6 Å². The van der Waals surface area contributed by atoms with Crippen molar-refractivity contribution in [2.75, 3.05) is 6.54 Å². The van der Waals surface area contributed by atoms with Crippen LogP contribution in [0.25, 0.3) is 0 Å². The number of hydrogen-bond donors (Lipinski definition) is 2. The van der Waals surface area contributed by atoms with Crippen molar-refractivity contribution in [3.05, 3.63) is 35.1 Å². The Balaban J connectivity index is 2.69. The standard InChI is InChI=1S/C13H16F3NO2/c1-7(3-8(2)18)6-17-13(19)12-10(15)4-9(14)5-11(12)16/h4-5,7-8,18H,3,6H2,1-2H3,(H,17,19). The van der Waals surface area contributed by atoms with Gasteiger partial charge in [0.15, 0.2) is 0 Å². The third kappa shape index (κ3) is 4.55. The van der Waals surface area contributed by atoms with E-state index in [-0.39, 0.29) is 12.5 Å². The van der Waals surface area contributed by atoms with Crippen LogP contribution in [0.5, 0.6) is 0 Å². The predicted molar refractivity (Wildman–Crippen MR) is 64.1 cm³/mol. The molecule has 0 aromatic heterocycles. The lowest BCUT2D eigenvalue weighted by atomic mass is 10.0. The highest BCUT2D eigenvalue weighted by molar-refractivity contribution is 5.94. The quantitative estimate of drug-likeness (QED) is 0.866. The van der Waals surface area contributed by atoms with Gasteiger partial charge >= 0.3 is 0 Å². The summed E-state index contributed by atoms with van der Waals surface area (Å²) in [6.07, 6.45) is -0.0690. The Morgan fingerprint density at radius 2 is 1.79 bits per heavy atom. The molecule has 3 nitrogen and oxygen atoms in total. The zero-order chi connectivity index (χ0) is 14.6. The van der Waals surface area contributed by atoms with Crippen LogP contribution in [0.2, 0.25) is 0 Å². The maximum atomic E-state index is 13.3. The van der Waals surface area contributed by atoms with Crippen LogP contribution in [0.4, 0.5) is 13.2 Å². The van der Waals surface area contributed by atoms with Gasteiger partial charge in [0.25, 0.3) is 5.91 Å². The average molecular weight is 275 g/mol. The number of aliphatic hydroxyl groups excluding tert-OH is 1. The number of aliphatic hydroxyl groups is 1. The van der Waals surface area contributed by atoms with Crippen molar-refractivity contribution < 1.29 is 23.1 Å². The van der Waals surface area contributed by atoms with Crippen molar-refractivity contribution in [2.45, 2.75) is 26.4 Å². The van der Waals surface area contributed by atoms with E-state index in [0.717, 1.165) is 0 Å². The first-order valence-electron chi connectivity index (χ1n) is 5.92. The summed E-state index contributed by atoms with van der Waals surface area (Å²) in [4.78, 5) is 11.6. The maximum Gasteiger partial charge on any atom is 0.257 e. The highest BCUT2D eigenvalue weighted by Crippen LogP contribution is 2.15. The van der Waals surface area contributed by atoms with Crippen LogP contribution < -0.4 is 5.32 Å². The molecule has 0 aliphatic carbocycles. The topological polar surface area (TPSA) is 49.3 Å². The molecule has 1 rings (SSSR count). The number of carbonyl (C=O) groups is 1. The van der Waals surface area contributed by atoms with Crippen LogP contribution in [0.3, 0.4) is 0 Å². The molecule has 0 aliphatic heterocycles. The molecule has 1 aromatic carbocycles. The number of benzene rings is 1.